The fourth-order valence-corrected chi connectivity index (χ4v) is 1.75. The lowest BCUT2D eigenvalue weighted by Gasteiger charge is -2.01. The van der Waals surface area contributed by atoms with E-state index in [9.17, 15) is 0 Å². The molecule has 1 aliphatic carbocycles. The molecule has 0 N–H and O–H groups in total. The predicted molar refractivity (Wildman–Crippen MR) is 46.7 cm³/mol. The summed E-state index contributed by atoms with van der Waals surface area (Å²) >= 11 is 0. The van der Waals surface area contributed by atoms with Gasteiger partial charge in [-0.3, -0.25) is 0 Å². The van der Waals surface area contributed by atoms with Gasteiger partial charge in [-0.2, -0.15) is 0 Å². The van der Waals surface area contributed by atoms with Crippen LogP contribution in [0.4, 0.5) is 0 Å². The third-order valence-corrected chi connectivity index (χ3v) is 2.63. The van der Waals surface area contributed by atoms with Crippen molar-refractivity contribution >= 4 is 0 Å². The molecule has 1 saturated carbocycles. The summed E-state index contributed by atoms with van der Waals surface area (Å²) < 4.78 is 2.01. The number of hydrogen-bond acceptors (Lipinski definition) is 2. The molecule has 12 heavy (non-hydrogen) atoms. The molecule has 0 aliphatic heterocycles. The van der Waals surface area contributed by atoms with Gasteiger partial charge in [0.2, 0.25) is 0 Å². The van der Waals surface area contributed by atoms with Crippen LogP contribution in [0.2, 0.25) is 0 Å². The Morgan fingerprint density at radius 2 is 2.33 bits per heavy atom. The van der Waals surface area contributed by atoms with E-state index in [1.165, 1.54) is 6.42 Å². The summed E-state index contributed by atoms with van der Waals surface area (Å²) in [7, 11) is 0. The Kier molecular flexibility index (Phi) is 1.67. The molecule has 66 valence electrons. The second-order valence-electron chi connectivity index (χ2n) is 4.05. The van der Waals surface area contributed by atoms with Crippen LogP contribution in [0.15, 0.2) is 6.20 Å². The molecule has 0 aromatic carbocycles. The minimum atomic E-state index is 0.631. The molecule has 2 atom stereocenters. The van der Waals surface area contributed by atoms with Gasteiger partial charge in [-0.15, -0.1) is 5.10 Å². The molecule has 1 aromatic rings. The van der Waals surface area contributed by atoms with Crippen molar-refractivity contribution in [2.75, 3.05) is 0 Å². The molecule has 2 rings (SSSR count). The third kappa shape index (κ3) is 1.24. The van der Waals surface area contributed by atoms with Gasteiger partial charge in [0.25, 0.3) is 0 Å². The minimum Gasteiger partial charge on any atom is -0.249 e. The van der Waals surface area contributed by atoms with Crippen LogP contribution in [-0.2, 0) is 0 Å². The fraction of sp³-hybridized carbons (Fsp3) is 0.778. The van der Waals surface area contributed by atoms with Crippen molar-refractivity contribution in [2.24, 2.45) is 11.8 Å². The van der Waals surface area contributed by atoms with Gasteiger partial charge in [-0.1, -0.05) is 19.1 Å². The first-order chi connectivity index (χ1) is 5.68. The number of rotatable bonds is 2. The molecule has 1 heterocycles. The molecule has 2 unspecified atom stereocenters. The van der Waals surface area contributed by atoms with Crippen LogP contribution < -0.4 is 0 Å². The third-order valence-electron chi connectivity index (χ3n) is 2.63. The van der Waals surface area contributed by atoms with Gasteiger partial charge >= 0.3 is 0 Å². The fourth-order valence-electron chi connectivity index (χ4n) is 1.75. The normalized spacial score (nSPS) is 28.0. The van der Waals surface area contributed by atoms with Crippen LogP contribution in [0.1, 0.15) is 32.0 Å². The van der Waals surface area contributed by atoms with E-state index in [1.807, 2.05) is 17.8 Å². The Morgan fingerprint density at radius 3 is 2.75 bits per heavy atom. The van der Waals surface area contributed by atoms with Crippen LogP contribution in [0.5, 0.6) is 0 Å². The molecule has 0 radical (unpaired) electrons. The van der Waals surface area contributed by atoms with Crippen LogP contribution in [-0.4, -0.2) is 15.0 Å². The molecule has 1 aromatic heterocycles. The second kappa shape index (κ2) is 2.57. The van der Waals surface area contributed by atoms with E-state index in [2.05, 4.69) is 24.2 Å². The Bertz CT molecular complexity index is 277. The first-order valence-electron chi connectivity index (χ1n) is 4.57. The quantitative estimate of drug-likeness (QED) is 0.669. The average molecular weight is 165 g/mol. The summed E-state index contributed by atoms with van der Waals surface area (Å²) in [6.45, 7) is 6.53. The first-order valence-corrected chi connectivity index (χ1v) is 4.57. The Morgan fingerprint density at radius 1 is 1.58 bits per heavy atom. The maximum atomic E-state index is 4.08. The van der Waals surface area contributed by atoms with Crippen molar-refractivity contribution in [3.8, 4) is 0 Å². The maximum absolute atomic E-state index is 4.08. The number of aromatic nitrogens is 3. The van der Waals surface area contributed by atoms with E-state index in [-0.39, 0.29) is 0 Å². The van der Waals surface area contributed by atoms with E-state index in [1.54, 1.807) is 0 Å². The SMILES string of the molecule is Cc1cn(C2CC2C(C)C)nn1. The van der Waals surface area contributed by atoms with Crippen molar-refractivity contribution in [3.05, 3.63) is 11.9 Å². The molecule has 0 amide bonds. The maximum Gasteiger partial charge on any atom is 0.0796 e. The van der Waals surface area contributed by atoms with E-state index in [0.29, 0.717) is 6.04 Å². The van der Waals surface area contributed by atoms with Gasteiger partial charge in [-0.25, -0.2) is 4.68 Å². The highest BCUT2D eigenvalue weighted by molar-refractivity contribution is 4.97. The molecule has 0 saturated heterocycles. The molecule has 1 aliphatic rings. The summed E-state index contributed by atoms with van der Waals surface area (Å²) in [6.07, 6.45) is 3.31. The first kappa shape index (κ1) is 7.77. The minimum absolute atomic E-state index is 0.631. The lowest BCUT2D eigenvalue weighted by Crippen LogP contribution is -2.00. The molecule has 1 fully saturated rings. The smallest absolute Gasteiger partial charge is 0.0796 e. The highest BCUT2D eigenvalue weighted by atomic mass is 15.4. The van der Waals surface area contributed by atoms with Crippen LogP contribution in [0, 0.1) is 18.8 Å². The molecule has 3 nitrogen and oxygen atoms in total. The van der Waals surface area contributed by atoms with Crippen molar-refractivity contribution < 1.29 is 0 Å². The van der Waals surface area contributed by atoms with Crippen molar-refractivity contribution in [1.82, 2.24) is 15.0 Å². The van der Waals surface area contributed by atoms with Crippen molar-refractivity contribution in [2.45, 2.75) is 33.2 Å². The zero-order chi connectivity index (χ0) is 8.72. The summed E-state index contributed by atoms with van der Waals surface area (Å²) in [5, 5.41) is 8.06. The van der Waals surface area contributed by atoms with Gasteiger partial charge in [0, 0.05) is 6.20 Å². The van der Waals surface area contributed by atoms with Crippen LogP contribution in [0.3, 0.4) is 0 Å². The molecular formula is C9H15N3. The Hall–Kier alpha value is -0.860. The summed E-state index contributed by atoms with van der Waals surface area (Å²) in [4.78, 5) is 0. The Labute approximate surface area is 72.8 Å². The topological polar surface area (TPSA) is 30.7 Å². The number of aryl methyl sites for hydroxylation is 1. The van der Waals surface area contributed by atoms with E-state index >= 15 is 0 Å². The summed E-state index contributed by atoms with van der Waals surface area (Å²) in [5.74, 6) is 1.60. The average Bonchev–Trinajstić information content (AvgIpc) is 2.70. The van der Waals surface area contributed by atoms with Gasteiger partial charge < -0.3 is 0 Å². The van der Waals surface area contributed by atoms with Gasteiger partial charge in [0.1, 0.15) is 0 Å². The highest BCUT2D eigenvalue weighted by Crippen LogP contribution is 2.47. The largest absolute Gasteiger partial charge is 0.249 e. The summed E-state index contributed by atoms with van der Waals surface area (Å²) in [6, 6.07) is 0.631. The van der Waals surface area contributed by atoms with E-state index in [4.69, 9.17) is 0 Å². The molecule has 0 bridgehead atoms. The van der Waals surface area contributed by atoms with Crippen molar-refractivity contribution in [3.63, 3.8) is 0 Å². The van der Waals surface area contributed by atoms with Gasteiger partial charge in [-0.05, 0) is 25.2 Å². The Balaban J connectivity index is 2.05. The van der Waals surface area contributed by atoms with Gasteiger partial charge in [0.05, 0.1) is 11.7 Å². The van der Waals surface area contributed by atoms with E-state index in [0.717, 1.165) is 17.5 Å². The monoisotopic (exact) mass is 165 g/mol. The standard InChI is InChI=1S/C9H15N3/c1-6(2)8-4-9(8)12-5-7(3)10-11-12/h5-6,8-9H,4H2,1-3H3. The number of hydrogen-bond donors (Lipinski definition) is 0. The van der Waals surface area contributed by atoms with Crippen LogP contribution in [0.25, 0.3) is 0 Å². The summed E-state index contributed by atoms with van der Waals surface area (Å²) in [5.41, 5.74) is 1.02. The lowest BCUT2D eigenvalue weighted by atomic mass is 10.1. The van der Waals surface area contributed by atoms with E-state index < -0.39 is 0 Å². The zero-order valence-corrected chi connectivity index (χ0v) is 7.86. The lowest BCUT2D eigenvalue weighted by molar-refractivity contribution is 0.480. The molecule has 3 heteroatoms. The van der Waals surface area contributed by atoms with Crippen molar-refractivity contribution in [1.29, 1.82) is 0 Å². The second-order valence-corrected chi connectivity index (χ2v) is 4.05. The number of nitrogens with zero attached hydrogens (tertiary/aromatic N) is 3. The molecule has 0 spiro atoms. The van der Waals surface area contributed by atoms with Crippen LogP contribution >= 0.6 is 0 Å². The molecular weight excluding hydrogens is 150 g/mol. The highest BCUT2D eigenvalue weighted by Gasteiger charge is 2.41. The predicted octanol–water partition coefficient (Wildman–Crippen LogP) is 1.80. The zero-order valence-electron chi connectivity index (χ0n) is 7.86. The van der Waals surface area contributed by atoms with Gasteiger partial charge in [0.15, 0.2) is 0 Å².